The molecule has 16 heavy (non-hydrogen) atoms. The number of aryl methyl sites for hydroxylation is 1. The molecule has 0 aromatic heterocycles. The summed E-state index contributed by atoms with van der Waals surface area (Å²) in [5.74, 6) is 0.693. The zero-order chi connectivity index (χ0) is 11.1. The lowest BCUT2D eigenvalue weighted by Crippen LogP contribution is -2.15. The van der Waals surface area contributed by atoms with Crippen LogP contribution in [0.4, 0.5) is 0 Å². The Morgan fingerprint density at radius 2 is 1.94 bits per heavy atom. The van der Waals surface area contributed by atoms with Crippen molar-refractivity contribution >= 4 is 16.7 Å². The molecule has 1 aliphatic heterocycles. The third-order valence-corrected chi connectivity index (χ3v) is 2.91. The molecule has 0 aliphatic carbocycles. The third kappa shape index (κ3) is 1.25. The number of ether oxygens (including phenoxy) is 1. The van der Waals surface area contributed by atoms with Crippen LogP contribution >= 0.6 is 0 Å². The summed E-state index contributed by atoms with van der Waals surface area (Å²) in [6, 6.07) is 8.92. The first-order chi connectivity index (χ1) is 7.75. The predicted octanol–water partition coefficient (Wildman–Crippen LogP) is 2.40. The van der Waals surface area contributed by atoms with E-state index < -0.39 is 0 Å². The Morgan fingerprint density at radius 3 is 2.81 bits per heavy atom. The molecule has 0 radical (unpaired) electrons. The molecule has 0 bridgehead atoms. The molecule has 0 saturated carbocycles. The van der Waals surface area contributed by atoms with Crippen molar-refractivity contribution in [3.05, 3.63) is 35.9 Å². The van der Waals surface area contributed by atoms with Gasteiger partial charge in [-0.25, -0.2) is 0 Å². The van der Waals surface area contributed by atoms with Crippen molar-refractivity contribution in [1.82, 2.24) is 0 Å². The molecule has 0 fully saturated rings. The molecular formula is C13H10O3. The van der Waals surface area contributed by atoms with Gasteiger partial charge in [0.25, 0.3) is 0 Å². The van der Waals surface area contributed by atoms with Gasteiger partial charge in [-0.05, 0) is 30.0 Å². The molecule has 0 saturated heterocycles. The molecule has 2 aromatic carbocycles. The van der Waals surface area contributed by atoms with Crippen LogP contribution in [0.15, 0.2) is 30.3 Å². The highest BCUT2D eigenvalue weighted by atomic mass is 16.5. The Hall–Kier alpha value is -2.03. The zero-order valence-electron chi connectivity index (χ0n) is 8.56. The van der Waals surface area contributed by atoms with E-state index in [2.05, 4.69) is 0 Å². The van der Waals surface area contributed by atoms with Gasteiger partial charge in [-0.3, -0.25) is 4.79 Å². The molecule has 0 unspecified atom stereocenters. The van der Waals surface area contributed by atoms with Crippen LogP contribution in [0.25, 0.3) is 10.8 Å². The first kappa shape index (κ1) is 9.21. The highest BCUT2D eigenvalue weighted by Gasteiger charge is 2.19. The van der Waals surface area contributed by atoms with Crippen LogP contribution in [-0.2, 0) is 11.2 Å². The highest BCUT2D eigenvalue weighted by molar-refractivity contribution is 5.94. The minimum Gasteiger partial charge on any atom is -0.507 e. The number of hydrogen-bond donors (Lipinski definition) is 1. The molecule has 1 aliphatic rings. The smallest absolute Gasteiger partial charge is 0.311 e. The molecule has 3 nitrogen and oxygen atoms in total. The summed E-state index contributed by atoms with van der Waals surface area (Å²) in [7, 11) is 0. The Kier molecular flexibility index (Phi) is 1.86. The second-order valence-corrected chi connectivity index (χ2v) is 3.89. The van der Waals surface area contributed by atoms with E-state index in [1.54, 1.807) is 24.3 Å². The summed E-state index contributed by atoms with van der Waals surface area (Å²) in [6.07, 6.45) is 1.08. The average molecular weight is 214 g/mol. The number of carbonyl (C=O) groups is 1. The second-order valence-electron chi connectivity index (χ2n) is 3.89. The van der Waals surface area contributed by atoms with Crippen molar-refractivity contribution in [3.8, 4) is 11.5 Å². The number of esters is 1. The summed E-state index contributed by atoms with van der Waals surface area (Å²) in [5.41, 5.74) is 1.01. The maximum Gasteiger partial charge on any atom is 0.311 e. The maximum absolute atomic E-state index is 11.2. The van der Waals surface area contributed by atoms with Crippen LogP contribution in [-0.4, -0.2) is 11.1 Å². The van der Waals surface area contributed by atoms with E-state index >= 15 is 0 Å². The first-order valence-electron chi connectivity index (χ1n) is 5.20. The lowest BCUT2D eigenvalue weighted by Gasteiger charge is -2.17. The van der Waals surface area contributed by atoms with Gasteiger partial charge < -0.3 is 9.84 Å². The largest absolute Gasteiger partial charge is 0.507 e. The van der Waals surface area contributed by atoms with E-state index in [4.69, 9.17) is 4.74 Å². The molecule has 80 valence electrons. The van der Waals surface area contributed by atoms with E-state index in [1.165, 1.54) is 0 Å². The van der Waals surface area contributed by atoms with Crippen molar-refractivity contribution in [2.45, 2.75) is 12.8 Å². The first-order valence-corrected chi connectivity index (χ1v) is 5.20. The van der Waals surface area contributed by atoms with Crippen molar-refractivity contribution < 1.29 is 14.6 Å². The summed E-state index contributed by atoms with van der Waals surface area (Å²) in [6.45, 7) is 0. The number of phenols is 1. The number of phenolic OH excluding ortho intramolecular Hbond substituents is 1. The van der Waals surface area contributed by atoms with E-state index in [1.807, 2.05) is 6.07 Å². The van der Waals surface area contributed by atoms with Crippen LogP contribution < -0.4 is 4.74 Å². The molecule has 0 amide bonds. The van der Waals surface area contributed by atoms with Gasteiger partial charge in [-0.1, -0.05) is 12.1 Å². The molecule has 1 heterocycles. The highest BCUT2D eigenvalue weighted by Crippen LogP contribution is 2.35. The van der Waals surface area contributed by atoms with E-state index in [9.17, 15) is 9.90 Å². The average Bonchev–Trinajstić information content (AvgIpc) is 2.28. The topological polar surface area (TPSA) is 46.5 Å². The van der Waals surface area contributed by atoms with Crippen LogP contribution in [0.3, 0.4) is 0 Å². The van der Waals surface area contributed by atoms with Gasteiger partial charge in [-0.15, -0.1) is 0 Å². The van der Waals surface area contributed by atoms with Gasteiger partial charge in [0, 0.05) is 10.9 Å². The van der Waals surface area contributed by atoms with Gasteiger partial charge >= 0.3 is 5.97 Å². The quantitative estimate of drug-likeness (QED) is 0.541. The minimum atomic E-state index is -0.188. The van der Waals surface area contributed by atoms with Gasteiger partial charge in [0.15, 0.2) is 0 Å². The van der Waals surface area contributed by atoms with Crippen LogP contribution in [0.2, 0.25) is 0 Å². The standard InChI is InChI=1S/C13H10O3/c14-11-3-1-2-8-9(11)4-6-12-10(8)5-7-13(15)16-12/h1-4,6,14H,5,7H2. The van der Waals surface area contributed by atoms with Gasteiger partial charge in [-0.2, -0.15) is 0 Å². The van der Waals surface area contributed by atoms with Crippen molar-refractivity contribution in [2.24, 2.45) is 0 Å². The van der Waals surface area contributed by atoms with Gasteiger partial charge in [0.1, 0.15) is 11.5 Å². The summed E-state index contributed by atoms with van der Waals surface area (Å²) >= 11 is 0. The summed E-state index contributed by atoms with van der Waals surface area (Å²) in [5, 5.41) is 11.5. The fraction of sp³-hybridized carbons (Fsp3) is 0.154. The fourth-order valence-electron chi connectivity index (χ4n) is 2.14. The summed E-state index contributed by atoms with van der Waals surface area (Å²) in [4.78, 5) is 11.2. The molecule has 3 rings (SSSR count). The van der Waals surface area contributed by atoms with Crippen LogP contribution in [0.5, 0.6) is 11.5 Å². The minimum absolute atomic E-state index is 0.188. The van der Waals surface area contributed by atoms with Crippen molar-refractivity contribution in [3.63, 3.8) is 0 Å². The van der Waals surface area contributed by atoms with Crippen molar-refractivity contribution in [2.75, 3.05) is 0 Å². The molecule has 0 spiro atoms. The number of rotatable bonds is 0. The Bertz CT molecular complexity index is 587. The Morgan fingerprint density at radius 1 is 1.06 bits per heavy atom. The zero-order valence-corrected chi connectivity index (χ0v) is 8.56. The molecule has 1 N–H and O–H groups in total. The second kappa shape index (κ2) is 3.23. The number of fused-ring (bicyclic) bond motifs is 3. The fourth-order valence-corrected chi connectivity index (χ4v) is 2.14. The van der Waals surface area contributed by atoms with E-state index in [0.29, 0.717) is 18.6 Å². The van der Waals surface area contributed by atoms with Gasteiger partial charge in [0.05, 0.1) is 6.42 Å². The van der Waals surface area contributed by atoms with Gasteiger partial charge in [0.2, 0.25) is 0 Å². The normalized spacial score (nSPS) is 14.6. The SMILES string of the molecule is O=C1CCc2c(ccc3c(O)cccc23)O1. The van der Waals surface area contributed by atoms with Crippen LogP contribution in [0, 0.1) is 0 Å². The Labute approximate surface area is 92.3 Å². The molecular weight excluding hydrogens is 204 g/mol. The molecule has 3 heteroatoms. The lowest BCUT2D eigenvalue weighted by atomic mass is 9.98. The van der Waals surface area contributed by atoms with Crippen molar-refractivity contribution in [1.29, 1.82) is 0 Å². The maximum atomic E-state index is 11.2. The molecule has 0 atom stereocenters. The predicted molar refractivity (Wildman–Crippen MR) is 59.6 cm³/mol. The number of benzene rings is 2. The lowest BCUT2D eigenvalue weighted by molar-refractivity contribution is -0.135. The molecule has 2 aromatic rings. The number of carbonyl (C=O) groups excluding carboxylic acids is 1. The van der Waals surface area contributed by atoms with E-state index in [0.717, 1.165) is 16.3 Å². The third-order valence-electron chi connectivity index (χ3n) is 2.91. The van der Waals surface area contributed by atoms with E-state index in [-0.39, 0.29) is 11.7 Å². The number of hydrogen-bond acceptors (Lipinski definition) is 3. The van der Waals surface area contributed by atoms with Crippen LogP contribution in [0.1, 0.15) is 12.0 Å². The Balaban J connectivity index is 2.32. The number of aromatic hydroxyl groups is 1. The monoisotopic (exact) mass is 214 g/mol. The summed E-state index contributed by atoms with van der Waals surface area (Å²) < 4.78 is 5.16.